The van der Waals surface area contributed by atoms with Crippen molar-refractivity contribution in [1.82, 2.24) is 4.90 Å². The van der Waals surface area contributed by atoms with E-state index >= 15 is 0 Å². The van der Waals surface area contributed by atoms with Gasteiger partial charge in [0.1, 0.15) is 5.78 Å². The molecule has 0 amide bonds. The van der Waals surface area contributed by atoms with E-state index in [-0.39, 0.29) is 12.2 Å². The van der Waals surface area contributed by atoms with Crippen molar-refractivity contribution in [2.45, 2.75) is 39.6 Å². The highest BCUT2D eigenvalue weighted by Gasteiger charge is 2.24. The largest absolute Gasteiger partial charge is 0.443 e. The van der Waals surface area contributed by atoms with E-state index in [4.69, 9.17) is 9.47 Å². The molecule has 0 aliphatic rings. The van der Waals surface area contributed by atoms with E-state index in [1.54, 1.807) is 18.7 Å². The molecule has 0 N–H and O–H groups in total. The molecule has 0 bridgehead atoms. The van der Waals surface area contributed by atoms with Crippen LogP contribution in [0.2, 0.25) is 0 Å². The fourth-order valence-corrected chi connectivity index (χ4v) is 1.51. The van der Waals surface area contributed by atoms with E-state index in [0.29, 0.717) is 6.54 Å². The zero-order valence-electron chi connectivity index (χ0n) is 12.1. The SMILES string of the molecule is C=CC(=O)OC(C)N(CCC(C)=O)C(C)OC(=O)C=C. The summed E-state index contributed by atoms with van der Waals surface area (Å²) in [5, 5.41) is 0. The summed E-state index contributed by atoms with van der Waals surface area (Å²) < 4.78 is 10.1. The zero-order chi connectivity index (χ0) is 15.7. The highest BCUT2D eigenvalue weighted by Crippen LogP contribution is 2.11. The first kappa shape index (κ1) is 18.0. The molecule has 6 heteroatoms. The third kappa shape index (κ3) is 6.84. The molecular weight excluding hydrogens is 262 g/mol. The lowest BCUT2D eigenvalue weighted by molar-refractivity contribution is -0.174. The molecule has 0 rings (SSSR count). The second-order valence-electron chi connectivity index (χ2n) is 4.17. The number of ketones is 1. The van der Waals surface area contributed by atoms with Crippen molar-refractivity contribution >= 4 is 17.7 Å². The van der Waals surface area contributed by atoms with Gasteiger partial charge in [0.05, 0.1) is 0 Å². The minimum absolute atomic E-state index is 0.0144. The number of ether oxygens (including phenoxy) is 2. The number of hydrogen-bond acceptors (Lipinski definition) is 6. The Hall–Kier alpha value is -1.95. The number of Topliss-reactive ketones (excluding diaryl/α,β-unsaturated/α-hetero) is 1. The molecule has 0 heterocycles. The highest BCUT2D eigenvalue weighted by atomic mass is 16.6. The molecule has 2 atom stereocenters. The van der Waals surface area contributed by atoms with E-state index in [2.05, 4.69) is 13.2 Å². The van der Waals surface area contributed by atoms with Gasteiger partial charge in [0.15, 0.2) is 12.5 Å². The second-order valence-corrected chi connectivity index (χ2v) is 4.17. The molecule has 0 aromatic rings. The third-order valence-electron chi connectivity index (χ3n) is 2.56. The molecule has 20 heavy (non-hydrogen) atoms. The Morgan fingerprint density at radius 2 is 1.45 bits per heavy atom. The van der Waals surface area contributed by atoms with Gasteiger partial charge >= 0.3 is 11.9 Å². The quantitative estimate of drug-likeness (QED) is 0.362. The van der Waals surface area contributed by atoms with Crippen molar-refractivity contribution in [3.05, 3.63) is 25.3 Å². The number of carbonyl (C=O) groups is 3. The minimum atomic E-state index is -0.660. The van der Waals surface area contributed by atoms with E-state index < -0.39 is 24.4 Å². The average molecular weight is 283 g/mol. The van der Waals surface area contributed by atoms with Crippen LogP contribution >= 0.6 is 0 Å². The Morgan fingerprint density at radius 1 is 1.05 bits per heavy atom. The number of esters is 2. The maximum atomic E-state index is 11.2. The van der Waals surface area contributed by atoms with Gasteiger partial charge < -0.3 is 9.47 Å². The summed E-state index contributed by atoms with van der Waals surface area (Å²) in [5.41, 5.74) is 0. The summed E-state index contributed by atoms with van der Waals surface area (Å²) in [6.07, 6.45) is 1.02. The van der Waals surface area contributed by atoms with Crippen molar-refractivity contribution in [3.8, 4) is 0 Å². The summed E-state index contributed by atoms with van der Waals surface area (Å²) in [4.78, 5) is 35.1. The van der Waals surface area contributed by atoms with Crippen LogP contribution in [-0.2, 0) is 23.9 Å². The van der Waals surface area contributed by atoms with Crippen molar-refractivity contribution in [1.29, 1.82) is 0 Å². The Kier molecular flexibility index (Phi) is 8.15. The summed E-state index contributed by atoms with van der Waals surface area (Å²) in [7, 11) is 0. The van der Waals surface area contributed by atoms with E-state index in [1.165, 1.54) is 6.92 Å². The lowest BCUT2D eigenvalue weighted by atomic mass is 10.3. The molecule has 0 spiro atoms. The molecule has 0 fully saturated rings. The first-order valence-corrected chi connectivity index (χ1v) is 6.23. The van der Waals surface area contributed by atoms with Crippen LogP contribution in [0.25, 0.3) is 0 Å². The van der Waals surface area contributed by atoms with Crippen molar-refractivity contribution in [2.24, 2.45) is 0 Å². The molecule has 0 aromatic heterocycles. The monoisotopic (exact) mass is 283 g/mol. The molecule has 0 aliphatic heterocycles. The maximum absolute atomic E-state index is 11.2. The van der Waals surface area contributed by atoms with Gasteiger partial charge in [-0.05, 0) is 20.8 Å². The summed E-state index contributed by atoms with van der Waals surface area (Å²) in [6, 6.07) is 0. The van der Waals surface area contributed by atoms with Crippen LogP contribution in [0.1, 0.15) is 27.2 Å². The predicted octanol–water partition coefficient (Wildman–Crippen LogP) is 1.42. The van der Waals surface area contributed by atoms with Crippen LogP contribution in [0.15, 0.2) is 25.3 Å². The van der Waals surface area contributed by atoms with Crippen LogP contribution in [0.3, 0.4) is 0 Å². The van der Waals surface area contributed by atoms with Gasteiger partial charge in [-0.3, -0.25) is 4.79 Å². The van der Waals surface area contributed by atoms with Crippen LogP contribution in [0, 0.1) is 0 Å². The van der Waals surface area contributed by atoms with Gasteiger partial charge in [0, 0.05) is 25.1 Å². The normalized spacial score (nSPS) is 13.2. The van der Waals surface area contributed by atoms with Crippen LogP contribution in [-0.4, -0.2) is 41.6 Å². The standard InChI is InChI=1S/C14H21NO5/c1-6-13(17)19-11(4)15(9-8-10(3)16)12(5)20-14(18)7-2/h6-7,11-12H,1-2,8-9H2,3-5H3. The fourth-order valence-electron chi connectivity index (χ4n) is 1.51. The highest BCUT2D eigenvalue weighted by molar-refractivity contribution is 5.81. The third-order valence-corrected chi connectivity index (χ3v) is 2.56. The van der Waals surface area contributed by atoms with Gasteiger partial charge in [-0.2, -0.15) is 0 Å². The van der Waals surface area contributed by atoms with E-state index in [1.807, 2.05) is 0 Å². The van der Waals surface area contributed by atoms with E-state index in [0.717, 1.165) is 12.2 Å². The first-order valence-electron chi connectivity index (χ1n) is 6.23. The van der Waals surface area contributed by atoms with Gasteiger partial charge in [0.2, 0.25) is 0 Å². The van der Waals surface area contributed by atoms with Gasteiger partial charge in [0.25, 0.3) is 0 Å². The lowest BCUT2D eigenvalue weighted by Crippen LogP contribution is -2.45. The van der Waals surface area contributed by atoms with Gasteiger partial charge in [-0.15, -0.1) is 0 Å². The lowest BCUT2D eigenvalue weighted by Gasteiger charge is -2.32. The van der Waals surface area contributed by atoms with Gasteiger partial charge in [-0.1, -0.05) is 13.2 Å². The smallest absolute Gasteiger partial charge is 0.331 e. The second kappa shape index (κ2) is 9.03. The fraction of sp³-hybridized carbons (Fsp3) is 0.500. The Balaban J connectivity index is 4.80. The van der Waals surface area contributed by atoms with Crippen molar-refractivity contribution in [3.63, 3.8) is 0 Å². The van der Waals surface area contributed by atoms with Crippen molar-refractivity contribution < 1.29 is 23.9 Å². The zero-order valence-corrected chi connectivity index (χ0v) is 12.1. The van der Waals surface area contributed by atoms with E-state index in [9.17, 15) is 14.4 Å². The van der Waals surface area contributed by atoms with Crippen LogP contribution in [0.5, 0.6) is 0 Å². The van der Waals surface area contributed by atoms with Crippen LogP contribution < -0.4 is 0 Å². The summed E-state index contributed by atoms with van der Waals surface area (Å²) >= 11 is 0. The minimum Gasteiger partial charge on any atom is -0.443 e. The van der Waals surface area contributed by atoms with Crippen molar-refractivity contribution in [2.75, 3.05) is 6.54 Å². The molecule has 6 nitrogen and oxygen atoms in total. The number of hydrogen-bond donors (Lipinski definition) is 0. The average Bonchev–Trinajstić information content (AvgIpc) is 2.37. The molecule has 0 aromatic carbocycles. The summed E-state index contributed by atoms with van der Waals surface area (Å²) in [6.45, 7) is 11.6. The van der Waals surface area contributed by atoms with Gasteiger partial charge in [-0.25, -0.2) is 14.5 Å². The van der Waals surface area contributed by atoms with Crippen LogP contribution in [0.4, 0.5) is 0 Å². The number of rotatable bonds is 9. The molecule has 0 aliphatic carbocycles. The molecule has 112 valence electrons. The molecule has 2 unspecified atom stereocenters. The molecule has 0 radical (unpaired) electrons. The Labute approximate surface area is 119 Å². The Morgan fingerprint density at radius 3 is 1.75 bits per heavy atom. The molecule has 0 saturated heterocycles. The topological polar surface area (TPSA) is 72.9 Å². The first-order chi connectivity index (χ1) is 9.31. The number of carbonyl (C=O) groups excluding carboxylic acids is 3. The maximum Gasteiger partial charge on any atom is 0.331 e. The molecular formula is C14H21NO5. The predicted molar refractivity (Wildman–Crippen MR) is 73.5 cm³/mol. The Bertz CT molecular complexity index is 363. The molecule has 0 saturated carbocycles. The number of nitrogens with zero attached hydrogens (tertiary/aromatic N) is 1. The summed E-state index contributed by atoms with van der Waals surface area (Å²) in [5.74, 6) is -1.19.